The Balaban J connectivity index is 1.66. The van der Waals surface area contributed by atoms with Gasteiger partial charge in [-0.2, -0.15) is 0 Å². The van der Waals surface area contributed by atoms with E-state index in [0.29, 0.717) is 12.1 Å². The number of halogens is 1. The summed E-state index contributed by atoms with van der Waals surface area (Å²) in [4.78, 5) is 12.1. The molecular weight excluding hydrogens is 269 g/mol. The number of carbonyl (C=O) groups is 1. The fraction of sp³-hybridized carbons (Fsp3) is 0.235. The van der Waals surface area contributed by atoms with E-state index >= 15 is 0 Å². The van der Waals surface area contributed by atoms with Gasteiger partial charge in [-0.3, -0.25) is 4.79 Å². The molecule has 0 aliphatic carbocycles. The van der Waals surface area contributed by atoms with Crippen LogP contribution in [0.3, 0.4) is 0 Å². The zero-order valence-corrected chi connectivity index (χ0v) is 11.6. The highest BCUT2D eigenvalue weighted by Crippen LogP contribution is 2.25. The van der Waals surface area contributed by atoms with Gasteiger partial charge < -0.3 is 10.1 Å². The molecule has 0 unspecified atom stereocenters. The summed E-state index contributed by atoms with van der Waals surface area (Å²) in [6, 6.07) is 11.6. The third-order valence-corrected chi connectivity index (χ3v) is 3.54. The second-order valence-corrected chi connectivity index (χ2v) is 5.08. The Morgan fingerprint density at radius 2 is 2.00 bits per heavy atom. The smallest absolute Gasteiger partial charge is 0.251 e. The van der Waals surface area contributed by atoms with E-state index in [1.165, 1.54) is 12.1 Å². The summed E-state index contributed by atoms with van der Waals surface area (Å²) >= 11 is 0. The second kappa shape index (κ2) is 5.95. The first kappa shape index (κ1) is 13.6. The van der Waals surface area contributed by atoms with Crippen LogP contribution >= 0.6 is 0 Å². The van der Waals surface area contributed by atoms with Crippen LogP contribution in [0.15, 0.2) is 42.5 Å². The molecule has 2 aromatic rings. The number of fused-ring (bicyclic) bond motifs is 1. The topological polar surface area (TPSA) is 38.3 Å². The van der Waals surface area contributed by atoms with E-state index < -0.39 is 0 Å². The number of ether oxygens (including phenoxy) is 1. The van der Waals surface area contributed by atoms with Crippen molar-refractivity contribution in [3.05, 3.63) is 65.0 Å². The number of hydrogen-bond donors (Lipinski definition) is 1. The summed E-state index contributed by atoms with van der Waals surface area (Å²) in [5.74, 6) is 0.462. The number of benzene rings is 2. The average molecular weight is 285 g/mol. The van der Waals surface area contributed by atoms with Crippen LogP contribution in [0.1, 0.15) is 27.9 Å². The standard InChI is InChI=1S/C17H16FNO2/c18-15-6-3-12(4-7-15)11-19-17(20)14-5-8-16-13(10-14)2-1-9-21-16/h3-8,10H,1-2,9,11H2,(H,19,20). The van der Waals surface area contributed by atoms with Crippen molar-refractivity contribution in [2.45, 2.75) is 19.4 Å². The summed E-state index contributed by atoms with van der Waals surface area (Å²) in [5.41, 5.74) is 2.57. The highest BCUT2D eigenvalue weighted by atomic mass is 19.1. The normalized spacial score (nSPS) is 13.2. The molecule has 0 aromatic heterocycles. The van der Waals surface area contributed by atoms with Crippen molar-refractivity contribution < 1.29 is 13.9 Å². The molecule has 3 rings (SSSR count). The van der Waals surface area contributed by atoms with Gasteiger partial charge in [0.2, 0.25) is 0 Å². The van der Waals surface area contributed by atoms with Crippen molar-refractivity contribution in [1.82, 2.24) is 5.32 Å². The first-order valence-electron chi connectivity index (χ1n) is 7.01. The number of aryl methyl sites for hydroxylation is 1. The molecular formula is C17H16FNO2. The van der Waals surface area contributed by atoms with Gasteiger partial charge in [0.05, 0.1) is 6.61 Å². The van der Waals surface area contributed by atoms with Gasteiger partial charge in [-0.15, -0.1) is 0 Å². The van der Waals surface area contributed by atoms with Crippen molar-refractivity contribution in [2.75, 3.05) is 6.61 Å². The maximum atomic E-state index is 12.8. The maximum Gasteiger partial charge on any atom is 0.251 e. The molecule has 4 heteroatoms. The van der Waals surface area contributed by atoms with E-state index in [2.05, 4.69) is 5.32 Å². The van der Waals surface area contributed by atoms with Gasteiger partial charge >= 0.3 is 0 Å². The molecule has 1 aliphatic heterocycles. The number of rotatable bonds is 3. The molecule has 21 heavy (non-hydrogen) atoms. The average Bonchev–Trinajstić information content (AvgIpc) is 2.53. The third-order valence-electron chi connectivity index (χ3n) is 3.54. The summed E-state index contributed by atoms with van der Waals surface area (Å²) in [6.45, 7) is 1.12. The lowest BCUT2D eigenvalue weighted by Crippen LogP contribution is -2.23. The lowest BCUT2D eigenvalue weighted by molar-refractivity contribution is 0.0950. The van der Waals surface area contributed by atoms with Crippen molar-refractivity contribution >= 4 is 5.91 Å². The third kappa shape index (κ3) is 3.21. The molecule has 3 nitrogen and oxygen atoms in total. The lowest BCUT2D eigenvalue weighted by Gasteiger charge is -2.17. The van der Waals surface area contributed by atoms with Crippen LogP contribution in [0, 0.1) is 5.82 Å². The van der Waals surface area contributed by atoms with Crippen molar-refractivity contribution in [2.24, 2.45) is 0 Å². The van der Waals surface area contributed by atoms with Crippen LogP contribution in [-0.2, 0) is 13.0 Å². The Bertz CT molecular complexity index is 652. The van der Waals surface area contributed by atoms with Crippen LogP contribution in [-0.4, -0.2) is 12.5 Å². The highest BCUT2D eigenvalue weighted by molar-refractivity contribution is 5.94. The van der Waals surface area contributed by atoms with Gasteiger partial charge in [0.1, 0.15) is 11.6 Å². The predicted octanol–water partition coefficient (Wildman–Crippen LogP) is 3.08. The monoisotopic (exact) mass is 285 g/mol. The Hall–Kier alpha value is -2.36. The summed E-state index contributed by atoms with van der Waals surface area (Å²) in [7, 11) is 0. The zero-order valence-electron chi connectivity index (χ0n) is 11.6. The van der Waals surface area contributed by atoms with Crippen LogP contribution in [0.4, 0.5) is 4.39 Å². The Labute approximate surface area is 122 Å². The van der Waals surface area contributed by atoms with Gasteiger partial charge in [-0.05, 0) is 54.3 Å². The number of nitrogens with one attached hydrogen (secondary N) is 1. The second-order valence-electron chi connectivity index (χ2n) is 5.08. The molecule has 108 valence electrons. The van der Waals surface area contributed by atoms with E-state index in [1.807, 2.05) is 12.1 Å². The Morgan fingerprint density at radius 1 is 1.19 bits per heavy atom. The molecule has 0 radical (unpaired) electrons. The Morgan fingerprint density at radius 3 is 2.81 bits per heavy atom. The van der Waals surface area contributed by atoms with E-state index in [1.54, 1.807) is 18.2 Å². The fourth-order valence-electron chi connectivity index (χ4n) is 2.39. The molecule has 1 aliphatic rings. The highest BCUT2D eigenvalue weighted by Gasteiger charge is 2.13. The number of hydrogen-bond acceptors (Lipinski definition) is 2. The van der Waals surface area contributed by atoms with Gasteiger partial charge in [0.25, 0.3) is 5.91 Å². The van der Waals surface area contributed by atoms with Crippen molar-refractivity contribution in [3.8, 4) is 5.75 Å². The van der Waals surface area contributed by atoms with Crippen LogP contribution < -0.4 is 10.1 Å². The molecule has 0 saturated carbocycles. The van der Waals surface area contributed by atoms with Crippen LogP contribution in [0.2, 0.25) is 0 Å². The predicted molar refractivity (Wildman–Crippen MR) is 77.8 cm³/mol. The van der Waals surface area contributed by atoms with E-state index in [9.17, 15) is 9.18 Å². The molecule has 1 N–H and O–H groups in total. The molecule has 0 saturated heterocycles. The van der Waals surface area contributed by atoms with Gasteiger partial charge in [0.15, 0.2) is 0 Å². The molecule has 0 bridgehead atoms. The van der Waals surface area contributed by atoms with E-state index in [-0.39, 0.29) is 11.7 Å². The molecule has 0 spiro atoms. The van der Waals surface area contributed by atoms with Crippen molar-refractivity contribution in [3.63, 3.8) is 0 Å². The Kier molecular flexibility index (Phi) is 3.86. The molecule has 2 aromatic carbocycles. The quantitative estimate of drug-likeness (QED) is 0.941. The molecule has 1 heterocycles. The number of amides is 1. The first-order chi connectivity index (χ1) is 10.2. The molecule has 0 atom stereocenters. The van der Waals surface area contributed by atoms with Gasteiger partial charge in [-0.1, -0.05) is 12.1 Å². The maximum absolute atomic E-state index is 12.8. The largest absolute Gasteiger partial charge is 0.493 e. The summed E-state index contributed by atoms with van der Waals surface area (Å²) in [5, 5.41) is 2.84. The zero-order chi connectivity index (χ0) is 14.7. The van der Waals surface area contributed by atoms with Crippen LogP contribution in [0.25, 0.3) is 0 Å². The first-order valence-corrected chi connectivity index (χ1v) is 7.01. The van der Waals surface area contributed by atoms with E-state index in [0.717, 1.165) is 36.3 Å². The lowest BCUT2D eigenvalue weighted by atomic mass is 10.0. The van der Waals surface area contributed by atoms with Gasteiger partial charge in [-0.25, -0.2) is 4.39 Å². The molecule has 1 amide bonds. The van der Waals surface area contributed by atoms with E-state index in [4.69, 9.17) is 4.74 Å². The summed E-state index contributed by atoms with van der Waals surface area (Å²) in [6.07, 6.45) is 1.92. The summed E-state index contributed by atoms with van der Waals surface area (Å²) < 4.78 is 18.3. The van der Waals surface area contributed by atoms with Crippen LogP contribution in [0.5, 0.6) is 5.75 Å². The SMILES string of the molecule is O=C(NCc1ccc(F)cc1)c1ccc2c(c1)CCCO2. The van der Waals surface area contributed by atoms with Gasteiger partial charge in [0, 0.05) is 12.1 Å². The number of carbonyl (C=O) groups excluding carboxylic acids is 1. The van der Waals surface area contributed by atoms with Crippen molar-refractivity contribution in [1.29, 1.82) is 0 Å². The minimum absolute atomic E-state index is 0.132. The molecule has 0 fully saturated rings. The fourth-order valence-corrected chi connectivity index (χ4v) is 2.39. The minimum atomic E-state index is -0.278. The minimum Gasteiger partial charge on any atom is -0.493 e.